The van der Waals surface area contributed by atoms with Gasteiger partial charge in [0.25, 0.3) is 0 Å². The first-order valence-corrected chi connectivity index (χ1v) is 5.94. The fraction of sp³-hybridized carbons (Fsp3) is 0.571. The molecule has 0 aromatic heterocycles. The van der Waals surface area contributed by atoms with E-state index in [9.17, 15) is 0 Å². The van der Waals surface area contributed by atoms with E-state index < -0.39 is 0 Å². The zero-order chi connectivity index (χ0) is 11.1. The molecule has 0 heterocycles. The van der Waals surface area contributed by atoms with Crippen LogP contribution in [0.4, 0.5) is 0 Å². The lowest BCUT2D eigenvalue weighted by atomic mass is 10.1. The summed E-state index contributed by atoms with van der Waals surface area (Å²) in [6.07, 6.45) is 3.60. The SMILES string of the molecule is CCCCc1ccccc1OCC(C)C. The average Bonchev–Trinajstić information content (AvgIpc) is 2.24. The summed E-state index contributed by atoms with van der Waals surface area (Å²) in [4.78, 5) is 0. The van der Waals surface area contributed by atoms with E-state index in [2.05, 4.69) is 39.0 Å². The predicted molar refractivity (Wildman–Crippen MR) is 65.4 cm³/mol. The fourth-order valence-corrected chi connectivity index (χ4v) is 1.47. The van der Waals surface area contributed by atoms with Crippen LogP contribution >= 0.6 is 0 Å². The lowest BCUT2D eigenvalue weighted by Gasteiger charge is -2.12. The first-order chi connectivity index (χ1) is 7.24. The maximum Gasteiger partial charge on any atom is 0.122 e. The van der Waals surface area contributed by atoms with Gasteiger partial charge in [0.2, 0.25) is 0 Å². The largest absolute Gasteiger partial charge is 0.493 e. The summed E-state index contributed by atoms with van der Waals surface area (Å²) in [6, 6.07) is 8.39. The van der Waals surface area contributed by atoms with E-state index in [0.29, 0.717) is 5.92 Å². The molecular weight excluding hydrogens is 184 g/mol. The van der Waals surface area contributed by atoms with E-state index in [-0.39, 0.29) is 0 Å². The number of aryl methyl sites for hydroxylation is 1. The van der Waals surface area contributed by atoms with Gasteiger partial charge in [0, 0.05) is 0 Å². The summed E-state index contributed by atoms with van der Waals surface area (Å²) < 4.78 is 5.80. The lowest BCUT2D eigenvalue weighted by Crippen LogP contribution is -2.06. The molecule has 1 aromatic rings. The quantitative estimate of drug-likeness (QED) is 0.682. The molecule has 0 unspecified atom stereocenters. The van der Waals surface area contributed by atoms with Gasteiger partial charge in [0.15, 0.2) is 0 Å². The number of hydrogen-bond acceptors (Lipinski definition) is 1. The van der Waals surface area contributed by atoms with Crippen LogP contribution in [0.2, 0.25) is 0 Å². The fourth-order valence-electron chi connectivity index (χ4n) is 1.47. The molecule has 1 heteroatoms. The molecule has 0 aliphatic heterocycles. The van der Waals surface area contributed by atoms with Gasteiger partial charge < -0.3 is 4.74 Å². The smallest absolute Gasteiger partial charge is 0.122 e. The molecule has 1 nitrogen and oxygen atoms in total. The van der Waals surface area contributed by atoms with Crippen molar-refractivity contribution in [2.45, 2.75) is 40.0 Å². The maximum atomic E-state index is 5.80. The van der Waals surface area contributed by atoms with Crippen LogP contribution in [0, 0.1) is 5.92 Å². The minimum atomic E-state index is 0.587. The van der Waals surface area contributed by atoms with E-state index >= 15 is 0 Å². The molecule has 0 saturated carbocycles. The van der Waals surface area contributed by atoms with Gasteiger partial charge in [-0.15, -0.1) is 0 Å². The maximum absolute atomic E-state index is 5.80. The summed E-state index contributed by atoms with van der Waals surface area (Å²) in [5.74, 6) is 1.66. The summed E-state index contributed by atoms with van der Waals surface area (Å²) in [6.45, 7) is 7.38. The minimum Gasteiger partial charge on any atom is -0.493 e. The van der Waals surface area contributed by atoms with Crippen molar-refractivity contribution in [1.82, 2.24) is 0 Å². The number of hydrogen-bond donors (Lipinski definition) is 0. The summed E-state index contributed by atoms with van der Waals surface area (Å²) in [7, 11) is 0. The lowest BCUT2D eigenvalue weighted by molar-refractivity contribution is 0.268. The molecule has 1 rings (SSSR count). The van der Waals surface area contributed by atoms with Crippen molar-refractivity contribution in [3.05, 3.63) is 29.8 Å². The van der Waals surface area contributed by atoms with E-state index in [1.54, 1.807) is 0 Å². The van der Waals surface area contributed by atoms with Gasteiger partial charge in [-0.1, -0.05) is 45.4 Å². The van der Waals surface area contributed by atoms with Gasteiger partial charge in [-0.25, -0.2) is 0 Å². The highest BCUT2D eigenvalue weighted by Crippen LogP contribution is 2.20. The Hall–Kier alpha value is -0.980. The molecule has 0 saturated heterocycles. The second kappa shape index (κ2) is 6.49. The Balaban J connectivity index is 2.59. The predicted octanol–water partition coefficient (Wildman–Crippen LogP) is 4.06. The highest BCUT2D eigenvalue weighted by Gasteiger charge is 2.03. The summed E-state index contributed by atoms with van der Waals surface area (Å²) in [5.41, 5.74) is 1.35. The summed E-state index contributed by atoms with van der Waals surface area (Å²) in [5, 5.41) is 0. The van der Waals surface area contributed by atoms with Crippen molar-refractivity contribution in [3.8, 4) is 5.75 Å². The van der Waals surface area contributed by atoms with E-state index in [1.165, 1.54) is 18.4 Å². The van der Waals surface area contributed by atoms with Crippen LogP contribution in [0.5, 0.6) is 5.75 Å². The van der Waals surface area contributed by atoms with Crippen LogP contribution in [-0.4, -0.2) is 6.61 Å². The van der Waals surface area contributed by atoms with Crippen LogP contribution in [-0.2, 0) is 6.42 Å². The van der Waals surface area contributed by atoms with Crippen molar-refractivity contribution in [1.29, 1.82) is 0 Å². The van der Waals surface area contributed by atoms with Gasteiger partial charge >= 0.3 is 0 Å². The molecule has 84 valence electrons. The Labute approximate surface area is 93.5 Å². The molecule has 1 aromatic carbocycles. The first kappa shape index (κ1) is 12.1. The molecule has 0 amide bonds. The van der Waals surface area contributed by atoms with Gasteiger partial charge in [-0.3, -0.25) is 0 Å². The number of unbranched alkanes of at least 4 members (excludes halogenated alkanes) is 1. The first-order valence-electron chi connectivity index (χ1n) is 5.94. The zero-order valence-corrected chi connectivity index (χ0v) is 10.1. The molecule has 0 fully saturated rings. The number of rotatable bonds is 6. The van der Waals surface area contributed by atoms with E-state index in [0.717, 1.165) is 18.8 Å². The second-order valence-electron chi connectivity index (χ2n) is 4.42. The number of benzene rings is 1. The van der Waals surface area contributed by atoms with E-state index in [4.69, 9.17) is 4.74 Å². The second-order valence-corrected chi connectivity index (χ2v) is 4.42. The Morgan fingerprint density at radius 1 is 1.20 bits per heavy atom. The van der Waals surface area contributed by atoms with Crippen LogP contribution in [0.1, 0.15) is 39.2 Å². The zero-order valence-electron chi connectivity index (χ0n) is 10.1. The van der Waals surface area contributed by atoms with Crippen LogP contribution in [0.15, 0.2) is 24.3 Å². The third kappa shape index (κ3) is 4.37. The van der Waals surface area contributed by atoms with Gasteiger partial charge in [0.05, 0.1) is 6.61 Å². The molecular formula is C14H22O. The normalized spacial score (nSPS) is 10.7. The topological polar surface area (TPSA) is 9.23 Å². The van der Waals surface area contributed by atoms with Crippen LogP contribution in [0.3, 0.4) is 0 Å². The molecule has 15 heavy (non-hydrogen) atoms. The van der Waals surface area contributed by atoms with Gasteiger partial charge in [-0.05, 0) is 30.4 Å². The summed E-state index contributed by atoms with van der Waals surface area (Å²) >= 11 is 0. The molecule has 0 bridgehead atoms. The van der Waals surface area contributed by atoms with Crippen molar-refractivity contribution in [2.24, 2.45) is 5.92 Å². The minimum absolute atomic E-state index is 0.587. The molecule has 0 spiro atoms. The molecule has 0 aliphatic rings. The Bertz CT molecular complexity index is 278. The number of para-hydroxylation sites is 1. The third-order valence-corrected chi connectivity index (χ3v) is 2.34. The standard InChI is InChI=1S/C14H22O/c1-4-5-8-13-9-6-7-10-14(13)15-11-12(2)3/h6-7,9-10,12H,4-5,8,11H2,1-3H3. The van der Waals surface area contributed by atoms with Crippen LogP contribution in [0.25, 0.3) is 0 Å². The Morgan fingerprint density at radius 3 is 2.60 bits per heavy atom. The van der Waals surface area contributed by atoms with Crippen molar-refractivity contribution >= 4 is 0 Å². The van der Waals surface area contributed by atoms with Crippen molar-refractivity contribution in [3.63, 3.8) is 0 Å². The highest BCUT2D eigenvalue weighted by molar-refractivity contribution is 5.33. The third-order valence-electron chi connectivity index (χ3n) is 2.34. The van der Waals surface area contributed by atoms with E-state index in [1.807, 2.05) is 6.07 Å². The number of ether oxygens (including phenoxy) is 1. The monoisotopic (exact) mass is 206 g/mol. The molecule has 0 atom stereocenters. The molecule has 0 radical (unpaired) electrons. The Morgan fingerprint density at radius 2 is 1.93 bits per heavy atom. The van der Waals surface area contributed by atoms with Gasteiger partial charge in [-0.2, -0.15) is 0 Å². The van der Waals surface area contributed by atoms with Crippen molar-refractivity contribution in [2.75, 3.05) is 6.61 Å². The average molecular weight is 206 g/mol. The Kier molecular flexibility index (Phi) is 5.23. The van der Waals surface area contributed by atoms with Crippen molar-refractivity contribution < 1.29 is 4.74 Å². The molecule has 0 aliphatic carbocycles. The highest BCUT2D eigenvalue weighted by atomic mass is 16.5. The van der Waals surface area contributed by atoms with Gasteiger partial charge in [0.1, 0.15) is 5.75 Å². The van der Waals surface area contributed by atoms with Crippen LogP contribution < -0.4 is 4.74 Å². The molecule has 0 N–H and O–H groups in total.